The van der Waals surface area contributed by atoms with Gasteiger partial charge in [-0.1, -0.05) is 6.07 Å². The summed E-state index contributed by atoms with van der Waals surface area (Å²) in [6.07, 6.45) is 9.98. The van der Waals surface area contributed by atoms with Gasteiger partial charge in [0.05, 0.1) is 11.7 Å². The predicted molar refractivity (Wildman–Crippen MR) is 91.6 cm³/mol. The smallest absolute Gasteiger partial charge is 0.139 e. The lowest BCUT2D eigenvalue weighted by Crippen LogP contribution is -2.40. The van der Waals surface area contributed by atoms with Crippen LogP contribution >= 0.6 is 0 Å². The fraction of sp³-hybridized carbons (Fsp3) is 0.444. The summed E-state index contributed by atoms with van der Waals surface area (Å²) in [5.41, 5.74) is 2.35. The molecule has 126 valence electrons. The van der Waals surface area contributed by atoms with Crippen LogP contribution in [-0.2, 0) is 17.8 Å². The summed E-state index contributed by atoms with van der Waals surface area (Å²) in [4.78, 5) is 4.54. The lowest BCUT2D eigenvalue weighted by atomic mass is 10.0. The maximum atomic E-state index is 6.07. The number of imidazole rings is 1. The van der Waals surface area contributed by atoms with Gasteiger partial charge in [0.25, 0.3) is 0 Å². The summed E-state index contributed by atoms with van der Waals surface area (Å²) in [6, 6.07) is 6.41. The highest BCUT2D eigenvalue weighted by Gasteiger charge is 2.30. The molecule has 3 aromatic heterocycles. The van der Waals surface area contributed by atoms with E-state index in [0.717, 1.165) is 43.9 Å². The van der Waals surface area contributed by atoms with Crippen molar-refractivity contribution in [3.05, 3.63) is 54.4 Å². The largest absolute Gasteiger partial charge is 0.369 e. The van der Waals surface area contributed by atoms with E-state index >= 15 is 0 Å². The van der Waals surface area contributed by atoms with Crippen LogP contribution in [-0.4, -0.2) is 31.8 Å². The number of aryl methyl sites for hydroxylation is 1. The van der Waals surface area contributed by atoms with Gasteiger partial charge in [-0.15, -0.1) is 0 Å². The summed E-state index contributed by atoms with van der Waals surface area (Å²) in [5.74, 6) is 1.02. The van der Waals surface area contributed by atoms with E-state index in [1.165, 1.54) is 5.56 Å². The van der Waals surface area contributed by atoms with E-state index in [1.54, 1.807) is 0 Å². The number of fused-ring (bicyclic) bond motifs is 1. The van der Waals surface area contributed by atoms with Crippen molar-refractivity contribution in [2.45, 2.75) is 45.0 Å². The SMILES string of the molecule is CCn1ccnc1[C@H]1OCCC[C@@H]1NCc1cnn2ccccc12. The topological polar surface area (TPSA) is 56.4 Å². The van der Waals surface area contributed by atoms with E-state index in [1.807, 2.05) is 41.4 Å². The van der Waals surface area contributed by atoms with Crippen LogP contribution in [0.1, 0.15) is 37.3 Å². The Morgan fingerprint density at radius 3 is 3.21 bits per heavy atom. The first-order valence-corrected chi connectivity index (χ1v) is 8.64. The molecule has 6 nitrogen and oxygen atoms in total. The van der Waals surface area contributed by atoms with Crippen molar-refractivity contribution in [2.24, 2.45) is 0 Å². The zero-order valence-corrected chi connectivity index (χ0v) is 13.9. The van der Waals surface area contributed by atoms with Gasteiger partial charge < -0.3 is 14.6 Å². The van der Waals surface area contributed by atoms with Crippen molar-refractivity contribution >= 4 is 5.52 Å². The Labute approximate surface area is 141 Å². The Bertz CT molecular complexity index is 808. The second-order valence-corrected chi connectivity index (χ2v) is 6.19. The van der Waals surface area contributed by atoms with Crippen molar-refractivity contribution in [1.82, 2.24) is 24.5 Å². The van der Waals surface area contributed by atoms with Crippen molar-refractivity contribution in [1.29, 1.82) is 0 Å². The molecule has 1 aliphatic rings. The van der Waals surface area contributed by atoms with E-state index in [2.05, 4.69) is 33.0 Å². The molecular weight excluding hydrogens is 302 g/mol. The first-order chi connectivity index (χ1) is 11.9. The van der Waals surface area contributed by atoms with Gasteiger partial charge in [0.15, 0.2) is 0 Å². The highest BCUT2D eigenvalue weighted by molar-refractivity contribution is 5.53. The molecule has 4 heterocycles. The van der Waals surface area contributed by atoms with E-state index in [4.69, 9.17) is 4.74 Å². The molecule has 4 rings (SSSR count). The Balaban J connectivity index is 1.51. The van der Waals surface area contributed by atoms with Crippen LogP contribution in [0.25, 0.3) is 5.52 Å². The van der Waals surface area contributed by atoms with E-state index in [-0.39, 0.29) is 12.1 Å². The van der Waals surface area contributed by atoms with Crippen molar-refractivity contribution in [2.75, 3.05) is 6.61 Å². The number of ether oxygens (including phenoxy) is 1. The van der Waals surface area contributed by atoms with E-state index in [9.17, 15) is 0 Å². The molecule has 0 spiro atoms. The maximum Gasteiger partial charge on any atom is 0.139 e. The number of hydrogen-bond donors (Lipinski definition) is 1. The molecule has 1 fully saturated rings. The number of nitrogens with one attached hydrogen (secondary N) is 1. The van der Waals surface area contributed by atoms with Gasteiger partial charge >= 0.3 is 0 Å². The molecule has 0 unspecified atom stereocenters. The number of rotatable bonds is 5. The minimum Gasteiger partial charge on any atom is -0.369 e. The number of pyridine rings is 1. The van der Waals surface area contributed by atoms with Crippen LogP contribution in [0.5, 0.6) is 0 Å². The van der Waals surface area contributed by atoms with Crippen molar-refractivity contribution < 1.29 is 4.74 Å². The summed E-state index contributed by atoms with van der Waals surface area (Å²) in [5, 5.41) is 8.08. The van der Waals surface area contributed by atoms with Crippen LogP contribution in [0.3, 0.4) is 0 Å². The number of hydrogen-bond acceptors (Lipinski definition) is 4. The lowest BCUT2D eigenvalue weighted by Gasteiger charge is -2.32. The molecule has 0 amide bonds. The van der Waals surface area contributed by atoms with Gasteiger partial charge in [0.2, 0.25) is 0 Å². The third-order valence-electron chi connectivity index (χ3n) is 4.73. The average Bonchev–Trinajstić information content (AvgIpc) is 3.27. The highest BCUT2D eigenvalue weighted by Crippen LogP contribution is 2.28. The first-order valence-electron chi connectivity index (χ1n) is 8.64. The van der Waals surface area contributed by atoms with Crippen LogP contribution in [0.15, 0.2) is 43.0 Å². The second kappa shape index (κ2) is 6.75. The molecular formula is C18H23N5O. The monoisotopic (exact) mass is 325 g/mol. The Morgan fingerprint density at radius 2 is 2.29 bits per heavy atom. The zero-order valence-electron chi connectivity index (χ0n) is 13.9. The summed E-state index contributed by atoms with van der Waals surface area (Å²) in [7, 11) is 0. The Hall–Kier alpha value is -2.18. The molecule has 6 heteroatoms. The van der Waals surface area contributed by atoms with Gasteiger partial charge in [0, 0.05) is 49.9 Å². The van der Waals surface area contributed by atoms with Crippen molar-refractivity contribution in [3.63, 3.8) is 0 Å². The molecule has 1 N–H and O–H groups in total. The molecule has 0 aromatic carbocycles. The maximum absolute atomic E-state index is 6.07. The molecule has 1 saturated heterocycles. The first kappa shape index (κ1) is 15.4. The second-order valence-electron chi connectivity index (χ2n) is 6.19. The summed E-state index contributed by atoms with van der Waals surface area (Å²) in [6.45, 7) is 4.63. The average molecular weight is 325 g/mol. The Morgan fingerprint density at radius 1 is 1.33 bits per heavy atom. The molecule has 0 radical (unpaired) electrons. The summed E-state index contributed by atoms with van der Waals surface area (Å²) >= 11 is 0. The standard InChI is InChI=1S/C18H23N5O/c1-2-22-10-8-19-18(22)17-15(6-5-11-24-17)20-12-14-13-21-23-9-4-3-7-16(14)23/h3-4,7-10,13,15,17,20H,2,5-6,11-12H2,1H3/t15-,17-/m0/s1. The molecule has 1 aliphatic heterocycles. The number of nitrogens with zero attached hydrogens (tertiary/aromatic N) is 4. The molecule has 2 atom stereocenters. The van der Waals surface area contributed by atoms with Gasteiger partial charge in [-0.05, 0) is 31.9 Å². The van der Waals surface area contributed by atoms with Gasteiger partial charge in [0.1, 0.15) is 11.9 Å². The quantitative estimate of drug-likeness (QED) is 0.783. The lowest BCUT2D eigenvalue weighted by molar-refractivity contribution is -0.0182. The molecule has 0 saturated carbocycles. The van der Waals surface area contributed by atoms with Crippen LogP contribution in [0, 0.1) is 0 Å². The van der Waals surface area contributed by atoms with Gasteiger partial charge in [-0.3, -0.25) is 0 Å². The molecule has 3 aromatic rings. The summed E-state index contributed by atoms with van der Waals surface area (Å²) < 4.78 is 10.1. The van der Waals surface area contributed by atoms with Gasteiger partial charge in [-0.25, -0.2) is 9.50 Å². The minimum atomic E-state index is 0.00976. The highest BCUT2D eigenvalue weighted by atomic mass is 16.5. The number of aromatic nitrogens is 4. The van der Waals surface area contributed by atoms with Crippen LogP contribution in [0.2, 0.25) is 0 Å². The van der Waals surface area contributed by atoms with Crippen LogP contribution in [0.4, 0.5) is 0 Å². The molecule has 0 bridgehead atoms. The minimum absolute atomic E-state index is 0.00976. The normalized spacial score (nSPS) is 21.4. The van der Waals surface area contributed by atoms with Crippen LogP contribution < -0.4 is 5.32 Å². The molecule has 24 heavy (non-hydrogen) atoms. The fourth-order valence-corrected chi connectivity index (χ4v) is 3.45. The molecule has 0 aliphatic carbocycles. The van der Waals surface area contributed by atoms with E-state index in [0.29, 0.717) is 0 Å². The zero-order chi connectivity index (χ0) is 16.4. The van der Waals surface area contributed by atoms with Gasteiger partial charge in [-0.2, -0.15) is 5.10 Å². The fourth-order valence-electron chi connectivity index (χ4n) is 3.45. The van der Waals surface area contributed by atoms with Crippen molar-refractivity contribution in [3.8, 4) is 0 Å². The Kier molecular flexibility index (Phi) is 4.32. The third-order valence-corrected chi connectivity index (χ3v) is 4.73. The third kappa shape index (κ3) is 2.83. The predicted octanol–water partition coefficient (Wildman–Crippen LogP) is 2.56. The van der Waals surface area contributed by atoms with E-state index < -0.39 is 0 Å².